The largest absolute Gasteiger partial charge is 0.465 e. The fourth-order valence-corrected chi connectivity index (χ4v) is 4.78. The molecule has 4 aromatic rings. The zero-order chi connectivity index (χ0) is 20.7. The Bertz CT molecular complexity index is 1340. The Morgan fingerprint density at radius 3 is 2.30 bits per heavy atom. The van der Waals surface area contributed by atoms with Gasteiger partial charge in [-0.25, -0.2) is 4.79 Å². The lowest BCUT2D eigenvalue weighted by Crippen LogP contribution is -2.28. The number of pyridine rings is 1. The number of aryl methyl sites for hydroxylation is 1. The van der Waals surface area contributed by atoms with Crippen molar-refractivity contribution in [1.82, 2.24) is 4.57 Å². The van der Waals surface area contributed by atoms with Crippen molar-refractivity contribution in [3.05, 3.63) is 93.3 Å². The molecule has 1 heterocycles. The Balaban J connectivity index is 1.94. The molecular formula is C26H23NO3. The van der Waals surface area contributed by atoms with Crippen LogP contribution in [0.4, 0.5) is 0 Å². The molecule has 4 nitrogen and oxygen atoms in total. The van der Waals surface area contributed by atoms with Crippen molar-refractivity contribution < 1.29 is 9.53 Å². The standard InChI is InChI=1S/C26H23NO3/c1-30-26(29)23-15-22-19-12-6-8-14-21(19)25(28)27(16-17-9-3-2-4-10-17)24(22)20-13-7-5-11-18(20)23/h2-5,7,9-11,13,15H,6,8,12,14,16H2,1H3. The summed E-state index contributed by atoms with van der Waals surface area (Å²) in [6.07, 6.45) is 3.74. The predicted molar refractivity (Wildman–Crippen MR) is 119 cm³/mol. The molecule has 0 spiro atoms. The Hall–Kier alpha value is -3.40. The van der Waals surface area contributed by atoms with Crippen LogP contribution in [0.25, 0.3) is 21.7 Å². The lowest BCUT2D eigenvalue weighted by molar-refractivity contribution is 0.0603. The summed E-state index contributed by atoms with van der Waals surface area (Å²) in [7, 11) is 1.41. The summed E-state index contributed by atoms with van der Waals surface area (Å²) in [5.74, 6) is -0.349. The molecular weight excluding hydrogens is 374 g/mol. The molecule has 5 rings (SSSR count). The smallest absolute Gasteiger partial charge is 0.338 e. The molecule has 0 saturated carbocycles. The van der Waals surface area contributed by atoms with Gasteiger partial charge in [-0.2, -0.15) is 0 Å². The van der Waals surface area contributed by atoms with Crippen LogP contribution in [-0.4, -0.2) is 17.6 Å². The molecule has 1 aliphatic carbocycles. The van der Waals surface area contributed by atoms with Crippen molar-refractivity contribution in [2.45, 2.75) is 32.2 Å². The van der Waals surface area contributed by atoms with Crippen LogP contribution < -0.4 is 5.56 Å². The highest BCUT2D eigenvalue weighted by atomic mass is 16.5. The van der Waals surface area contributed by atoms with E-state index >= 15 is 0 Å². The number of ether oxygens (including phenoxy) is 1. The number of aromatic nitrogens is 1. The van der Waals surface area contributed by atoms with E-state index in [1.165, 1.54) is 7.11 Å². The Labute approximate surface area is 174 Å². The highest BCUT2D eigenvalue weighted by molar-refractivity contribution is 6.15. The van der Waals surface area contributed by atoms with E-state index < -0.39 is 0 Å². The number of carbonyl (C=O) groups excluding carboxylic acids is 1. The zero-order valence-electron chi connectivity index (χ0n) is 17.0. The summed E-state index contributed by atoms with van der Waals surface area (Å²) >= 11 is 0. The first-order valence-corrected chi connectivity index (χ1v) is 10.4. The molecule has 0 fully saturated rings. The van der Waals surface area contributed by atoms with Gasteiger partial charge in [-0.05, 0) is 48.3 Å². The van der Waals surface area contributed by atoms with Crippen molar-refractivity contribution >= 4 is 27.6 Å². The van der Waals surface area contributed by atoms with Crippen molar-refractivity contribution in [3.63, 3.8) is 0 Å². The molecule has 0 aliphatic heterocycles. The van der Waals surface area contributed by atoms with Crippen molar-refractivity contribution in [2.24, 2.45) is 0 Å². The van der Waals surface area contributed by atoms with E-state index in [1.54, 1.807) is 0 Å². The Kier molecular flexibility index (Phi) is 4.62. The third kappa shape index (κ3) is 2.91. The number of hydrogen-bond donors (Lipinski definition) is 0. The van der Waals surface area contributed by atoms with Crippen LogP contribution in [0.2, 0.25) is 0 Å². The second-order valence-electron chi connectivity index (χ2n) is 7.90. The van der Waals surface area contributed by atoms with Crippen molar-refractivity contribution in [1.29, 1.82) is 0 Å². The van der Waals surface area contributed by atoms with Gasteiger partial charge in [0.15, 0.2) is 0 Å². The molecule has 1 aliphatic rings. The molecule has 0 radical (unpaired) electrons. The molecule has 0 unspecified atom stereocenters. The van der Waals surface area contributed by atoms with E-state index in [-0.39, 0.29) is 11.5 Å². The zero-order valence-corrected chi connectivity index (χ0v) is 17.0. The van der Waals surface area contributed by atoms with Crippen LogP contribution in [0.15, 0.2) is 65.5 Å². The summed E-state index contributed by atoms with van der Waals surface area (Å²) < 4.78 is 6.98. The van der Waals surface area contributed by atoms with Gasteiger partial charge in [0.05, 0.1) is 24.7 Å². The van der Waals surface area contributed by atoms with Gasteiger partial charge in [-0.15, -0.1) is 0 Å². The minimum atomic E-state index is -0.349. The predicted octanol–water partition coefficient (Wildman–Crippen LogP) is 4.87. The lowest BCUT2D eigenvalue weighted by Gasteiger charge is -2.23. The molecule has 1 aromatic heterocycles. The molecule has 0 bridgehead atoms. The average molecular weight is 397 g/mol. The van der Waals surface area contributed by atoms with Gasteiger partial charge in [0.2, 0.25) is 0 Å². The van der Waals surface area contributed by atoms with E-state index in [0.717, 1.165) is 64.0 Å². The van der Waals surface area contributed by atoms with Crippen LogP contribution >= 0.6 is 0 Å². The van der Waals surface area contributed by atoms with E-state index in [9.17, 15) is 9.59 Å². The summed E-state index contributed by atoms with van der Waals surface area (Å²) in [5, 5.41) is 2.73. The van der Waals surface area contributed by atoms with Crippen LogP contribution in [0.3, 0.4) is 0 Å². The first kappa shape index (κ1) is 18.6. The first-order valence-electron chi connectivity index (χ1n) is 10.4. The maximum Gasteiger partial charge on any atom is 0.338 e. The third-order valence-electron chi connectivity index (χ3n) is 6.17. The number of carbonyl (C=O) groups is 1. The number of methoxy groups -OCH3 is 1. The second-order valence-corrected chi connectivity index (χ2v) is 7.90. The number of esters is 1. The molecule has 0 amide bonds. The molecule has 0 N–H and O–H groups in total. The minimum Gasteiger partial charge on any atom is -0.465 e. The highest BCUT2D eigenvalue weighted by Crippen LogP contribution is 2.34. The number of benzene rings is 3. The number of nitrogens with zero attached hydrogens (tertiary/aromatic N) is 1. The topological polar surface area (TPSA) is 48.3 Å². The fourth-order valence-electron chi connectivity index (χ4n) is 4.78. The Morgan fingerprint density at radius 1 is 0.900 bits per heavy atom. The van der Waals surface area contributed by atoms with Crippen molar-refractivity contribution in [3.8, 4) is 0 Å². The summed E-state index contributed by atoms with van der Waals surface area (Å²) in [4.78, 5) is 26.2. The van der Waals surface area contributed by atoms with E-state index in [2.05, 4.69) is 0 Å². The normalized spacial score (nSPS) is 13.4. The summed E-state index contributed by atoms with van der Waals surface area (Å²) in [6, 6.07) is 19.8. The van der Waals surface area contributed by atoms with Gasteiger partial charge in [0.1, 0.15) is 0 Å². The fraction of sp³-hybridized carbons (Fsp3) is 0.231. The lowest BCUT2D eigenvalue weighted by atomic mass is 9.87. The maximum atomic E-state index is 13.6. The molecule has 30 heavy (non-hydrogen) atoms. The van der Waals surface area contributed by atoms with E-state index in [0.29, 0.717) is 12.1 Å². The van der Waals surface area contributed by atoms with Crippen LogP contribution in [0.5, 0.6) is 0 Å². The monoisotopic (exact) mass is 397 g/mol. The molecule has 150 valence electrons. The maximum absolute atomic E-state index is 13.6. The number of rotatable bonds is 3. The van der Waals surface area contributed by atoms with Crippen molar-refractivity contribution in [2.75, 3.05) is 7.11 Å². The highest BCUT2D eigenvalue weighted by Gasteiger charge is 2.23. The average Bonchev–Trinajstić information content (AvgIpc) is 2.81. The number of fused-ring (bicyclic) bond motifs is 5. The molecule has 4 heteroatoms. The SMILES string of the molecule is COC(=O)c1cc2c3c(c(=O)n(Cc4ccccc4)c2c2ccccc12)CCCC3. The van der Waals surface area contributed by atoms with E-state index in [1.807, 2.05) is 65.2 Å². The first-order chi connectivity index (χ1) is 14.7. The second kappa shape index (κ2) is 7.45. The van der Waals surface area contributed by atoms with Gasteiger partial charge in [-0.1, -0.05) is 54.6 Å². The van der Waals surface area contributed by atoms with Crippen LogP contribution in [0.1, 0.15) is 39.9 Å². The van der Waals surface area contributed by atoms with Crippen LogP contribution in [0, 0.1) is 0 Å². The molecule has 0 saturated heterocycles. The van der Waals surface area contributed by atoms with Gasteiger partial charge >= 0.3 is 5.97 Å². The van der Waals surface area contributed by atoms with Crippen LogP contribution in [-0.2, 0) is 24.1 Å². The quantitative estimate of drug-likeness (QED) is 0.366. The van der Waals surface area contributed by atoms with E-state index in [4.69, 9.17) is 4.74 Å². The van der Waals surface area contributed by atoms with Gasteiger partial charge in [-0.3, -0.25) is 4.79 Å². The molecule has 3 aromatic carbocycles. The van der Waals surface area contributed by atoms with Gasteiger partial charge in [0.25, 0.3) is 5.56 Å². The van der Waals surface area contributed by atoms with Gasteiger partial charge in [0, 0.05) is 16.3 Å². The third-order valence-corrected chi connectivity index (χ3v) is 6.17. The van der Waals surface area contributed by atoms with Gasteiger partial charge < -0.3 is 9.30 Å². The summed E-state index contributed by atoms with van der Waals surface area (Å²) in [5.41, 5.74) is 4.64. The Morgan fingerprint density at radius 2 is 1.57 bits per heavy atom. The minimum absolute atomic E-state index is 0.0945. The number of hydrogen-bond acceptors (Lipinski definition) is 3. The molecule has 0 atom stereocenters. The summed E-state index contributed by atoms with van der Waals surface area (Å²) in [6.45, 7) is 0.505.